The number of hydrogen-bond donors (Lipinski definition) is 2. The van der Waals surface area contributed by atoms with Gasteiger partial charge < -0.3 is 15.0 Å². The summed E-state index contributed by atoms with van der Waals surface area (Å²) in [7, 11) is 1.60. The van der Waals surface area contributed by atoms with Gasteiger partial charge in [0.1, 0.15) is 5.75 Å². The number of anilines is 3. The third-order valence-electron chi connectivity index (χ3n) is 3.91. The number of piperidine rings is 1. The first-order valence-corrected chi connectivity index (χ1v) is 8.76. The fraction of sp³-hybridized carbons (Fsp3) is 0.438. The summed E-state index contributed by atoms with van der Waals surface area (Å²) in [5.41, 5.74) is 0.683. The molecule has 2 heterocycles. The number of ether oxygens (including phenoxy) is 1. The predicted molar refractivity (Wildman–Crippen MR) is 96.2 cm³/mol. The van der Waals surface area contributed by atoms with E-state index in [-0.39, 0.29) is 6.03 Å². The van der Waals surface area contributed by atoms with Crippen molar-refractivity contribution in [2.24, 2.45) is 5.92 Å². The van der Waals surface area contributed by atoms with Crippen molar-refractivity contribution >= 4 is 33.3 Å². The Kier molecular flexibility index (Phi) is 5.14. The summed E-state index contributed by atoms with van der Waals surface area (Å²) in [5, 5.41) is 15.1. The number of methoxy groups -OCH3 is 1. The van der Waals surface area contributed by atoms with E-state index in [1.54, 1.807) is 31.4 Å². The van der Waals surface area contributed by atoms with E-state index in [4.69, 9.17) is 4.74 Å². The normalized spacial score (nSPS) is 17.4. The van der Waals surface area contributed by atoms with Crippen LogP contribution in [-0.4, -0.2) is 36.4 Å². The van der Waals surface area contributed by atoms with Crippen molar-refractivity contribution in [2.45, 2.75) is 19.8 Å². The molecular weight excluding hydrogens is 326 g/mol. The smallest absolute Gasteiger partial charge is 0.325 e. The van der Waals surface area contributed by atoms with Crippen LogP contribution in [0.25, 0.3) is 0 Å². The molecule has 0 aliphatic carbocycles. The Morgan fingerprint density at radius 1 is 1.29 bits per heavy atom. The first-order valence-electron chi connectivity index (χ1n) is 7.94. The van der Waals surface area contributed by atoms with Crippen molar-refractivity contribution in [1.82, 2.24) is 10.2 Å². The first-order chi connectivity index (χ1) is 11.6. The second-order valence-electron chi connectivity index (χ2n) is 5.89. The van der Waals surface area contributed by atoms with Crippen LogP contribution < -0.4 is 20.3 Å². The molecule has 2 aromatic rings. The fourth-order valence-electron chi connectivity index (χ4n) is 2.69. The van der Waals surface area contributed by atoms with E-state index in [0.29, 0.717) is 16.7 Å². The van der Waals surface area contributed by atoms with Crippen molar-refractivity contribution in [2.75, 3.05) is 35.7 Å². The average Bonchev–Trinajstić information content (AvgIpc) is 3.04. The molecule has 1 aliphatic heterocycles. The van der Waals surface area contributed by atoms with Gasteiger partial charge >= 0.3 is 6.03 Å². The lowest BCUT2D eigenvalue weighted by molar-refractivity contribution is 0.262. The van der Waals surface area contributed by atoms with Crippen LogP contribution in [0.5, 0.6) is 5.75 Å². The molecule has 24 heavy (non-hydrogen) atoms. The minimum absolute atomic E-state index is 0.338. The van der Waals surface area contributed by atoms with E-state index in [1.807, 2.05) is 0 Å². The molecule has 0 saturated carbocycles. The molecule has 0 spiro atoms. The van der Waals surface area contributed by atoms with E-state index < -0.39 is 0 Å². The molecule has 1 saturated heterocycles. The maximum atomic E-state index is 12.0. The summed E-state index contributed by atoms with van der Waals surface area (Å²) in [4.78, 5) is 14.3. The first kappa shape index (κ1) is 16.5. The van der Waals surface area contributed by atoms with Crippen LogP contribution in [0.3, 0.4) is 0 Å². The Morgan fingerprint density at radius 2 is 2.08 bits per heavy atom. The molecule has 7 nitrogen and oxygen atoms in total. The maximum Gasteiger partial charge on any atom is 0.325 e. The molecule has 1 aliphatic rings. The fourth-order valence-corrected chi connectivity index (χ4v) is 3.47. The molecule has 0 radical (unpaired) electrons. The largest absolute Gasteiger partial charge is 0.497 e. The highest BCUT2D eigenvalue weighted by Gasteiger charge is 2.20. The molecule has 2 N–H and O–H groups in total. The van der Waals surface area contributed by atoms with Crippen molar-refractivity contribution in [3.63, 3.8) is 0 Å². The Hall–Kier alpha value is -2.35. The van der Waals surface area contributed by atoms with Gasteiger partial charge in [0, 0.05) is 18.8 Å². The zero-order valence-corrected chi connectivity index (χ0v) is 14.6. The number of rotatable bonds is 4. The molecule has 128 valence electrons. The average molecular weight is 347 g/mol. The Morgan fingerprint density at radius 3 is 2.79 bits per heavy atom. The number of amides is 2. The number of nitrogens with zero attached hydrogens (tertiary/aromatic N) is 3. The number of urea groups is 1. The highest BCUT2D eigenvalue weighted by Crippen LogP contribution is 2.28. The van der Waals surface area contributed by atoms with Crippen molar-refractivity contribution in [1.29, 1.82) is 0 Å². The molecule has 0 bridgehead atoms. The van der Waals surface area contributed by atoms with Gasteiger partial charge in [-0.25, -0.2) is 4.79 Å². The van der Waals surface area contributed by atoms with Crippen LogP contribution in [0, 0.1) is 5.92 Å². The van der Waals surface area contributed by atoms with Gasteiger partial charge in [-0.2, -0.15) is 0 Å². The number of hydrogen-bond acceptors (Lipinski definition) is 6. The van der Waals surface area contributed by atoms with E-state index in [0.717, 1.165) is 24.0 Å². The summed E-state index contributed by atoms with van der Waals surface area (Å²) >= 11 is 1.40. The van der Waals surface area contributed by atoms with E-state index in [1.165, 1.54) is 24.2 Å². The van der Waals surface area contributed by atoms with Crippen molar-refractivity contribution in [3.05, 3.63) is 24.3 Å². The summed E-state index contributed by atoms with van der Waals surface area (Å²) < 4.78 is 5.09. The third kappa shape index (κ3) is 4.14. The SMILES string of the molecule is COc1ccc(NC(=O)Nc2nnc(N3CCC[C@H](C)C3)s2)cc1. The Bertz CT molecular complexity index is 688. The maximum absolute atomic E-state index is 12.0. The van der Waals surface area contributed by atoms with Gasteiger partial charge in [-0.15, -0.1) is 10.2 Å². The monoisotopic (exact) mass is 347 g/mol. The molecule has 0 unspecified atom stereocenters. The molecule has 1 fully saturated rings. The summed E-state index contributed by atoms with van der Waals surface area (Å²) in [5.74, 6) is 1.41. The Balaban J connectivity index is 1.56. The molecule has 1 aromatic carbocycles. The third-order valence-corrected chi connectivity index (χ3v) is 4.81. The topological polar surface area (TPSA) is 79.4 Å². The Labute approximate surface area is 145 Å². The van der Waals surface area contributed by atoms with Crippen LogP contribution >= 0.6 is 11.3 Å². The quantitative estimate of drug-likeness (QED) is 0.886. The van der Waals surface area contributed by atoms with Crippen LogP contribution in [0.4, 0.5) is 20.7 Å². The molecule has 2 amide bonds. The van der Waals surface area contributed by atoms with Gasteiger partial charge in [0.05, 0.1) is 7.11 Å². The van der Waals surface area contributed by atoms with Gasteiger partial charge in [0.2, 0.25) is 10.3 Å². The van der Waals surface area contributed by atoms with Gasteiger partial charge in [-0.3, -0.25) is 5.32 Å². The number of carbonyl (C=O) groups is 1. The molecule has 1 atom stereocenters. The van der Waals surface area contributed by atoms with Gasteiger partial charge in [0.15, 0.2) is 0 Å². The lowest BCUT2D eigenvalue weighted by atomic mass is 10.0. The van der Waals surface area contributed by atoms with Crippen LogP contribution in [0.2, 0.25) is 0 Å². The lowest BCUT2D eigenvalue weighted by Crippen LogP contribution is -2.34. The van der Waals surface area contributed by atoms with E-state index in [2.05, 4.69) is 32.7 Å². The van der Waals surface area contributed by atoms with Gasteiger partial charge in [0.25, 0.3) is 0 Å². The van der Waals surface area contributed by atoms with E-state index in [9.17, 15) is 4.79 Å². The molecule has 1 aromatic heterocycles. The van der Waals surface area contributed by atoms with Crippen LogP contribution in [-0.2, 0) is 0 Å². The lowest BCUT2D eigenvalue weighted by Gasteiger charge is -2.29. The summed E-state index contributed by atoms with van der Waals surface area (Å²) in [6.07, 6.45) is 2.42. The summed E-state index contributed by atoms with van der Waals surface area (Å²) in [6.45, 7) is 4.23. The molecular formula is C16H21N5O2S. The highest BCUT2D eigenvalue weighted by atomic mass is 32.1. The minimum Gasteiger partial charge on any atom is -0.497 e. The summed E-state index contributed by atoms with van der Waals surface area (Å²) in [6, 6.07) is 6.79. The van der Waals surface area contributed by atoms with E-state index >= 15 is 0 Å². The second kappa shape index (κ2) is 7.48. The zero-order chi connectivity index (χ0) is 16.9. The predicted octanol–water partition coefficient (Wildman–Crippen LogP) is 3.43. The van der Waals surface area contributed by atoms with Gasteiger partial charge in [-0.05, 0) is 43.0 Å². The number of carbonyl (C=O) groups excluding carboxylic acids is 1. The van der Waals surface area contributed by atoms with Gasteiger partial charge in [-0.1, -0.05) is 18.3 Å². The molecule has 3 rings (SSSR count). The number of nitrogens with one attached hydrogen (secondary N) is 2. The van der Waals surface area contributed by atoms with Crippen molar-refractivity contribution in [3.8, 4) is 5.75 Å². The molecule has 8 heteroatoms. The number of aromatic nitrogens is 2. The minimum atomic E-state index is -0.338. The highest BCUT2D eigenvalue weighted by molar-refractivity contribution is 7.19. The van der Waals surface area contributed by atoms with Crippen LogP contribution in [0.1, 0.15) is 19.8 Å². The standard InChI is InChI=1S/C16H21N5O2S/c1-11-4-3-9-21(10-11)16-20-19-15(24-16)18-14(22)17-12-5-7-13(23-2)8-6-12/h5-8,11H,3-4,9-10H2,1-2H3,(H2,17,18,19,22)/t11-/m0/s1. The second-order valence-corrected chi connectivity index (χ2v) is 6.85. The zero-order valence-electron chi connectivity index (χ0n) is 13.8. The number of benzene rings is 1. The van der Waals surface area contributed by atoms with Crippen molar-refractivity contribution < 1.29 is 9.53 Å². The van der Waals surface area contributed by atoms with Crippen LogP contribution in [0.15, 0.2) is 24.3 Å².